The molecule has 2 amide bonds. The predicted octanol–water partition coefficient (Wildman–Crippen LogP) is 2.28. The molecule has 0 radical (unpaired) electrons. The molecule has 1 aromatic heterocycles. The van der Waals surface area contributed by atoms with Crippen molar-refractivity contribution in [3.63, 3.8) is 0 Å². The van der Waals surface area contributed by atoms with E-state index in [-0.39, 0.29) is 24.4 Å². The van der Waals surface area contributed by atoms with Crippen LogP contribution in [0.3, 0.4) is 0 Å². The molecule has 0 spiro atoms. The Morgan fingerprint density at radius 1 is 1.44 bits per heavy atom. The molecule has 1 atom stereocenters. The van der Waals surface area contributed by atoms with Gasteiger partial charge in [0, 0.05) is 30.9 Å². The van der Waals surface area contributed by atoms with Crippen LogP contribution in [-0.4, -0.2) is 38.4 Å². The van der Waals surface area contributed by atoms with Crippen molar-refractivity contribution in [3.8, 4) is 0 Å². The van der Waals surface area contributed by atoms with Gasteiger partial charge in [0.15, 0.2) is 0 Å². The number of hydrogen-bond acceptors (Lipinski definition) is 3. The number of benzene rings is 1. The highest BCUT2D eigenvalue weighted by molar-refractivity contribution is 5.75. The Morgan fingerprint density at radius 3 is 2.68 bits per heavy atom. The van der Waals surface area contributed by atoms with Gasteiger partial charge in [-0.05, 0) is 37.5 Å². The summed E-state index contributed by atoms with van der Waals surface area (Å²) in [6.07, 6.45) is 2.78. The van der Waals surface area contributed by atoms with E-state index in [2.05, 4.69) is 10.4 Å². The van der Waals surface area contributed by atoms with Gasteiger partial charge in [-0.1, -0.05) is 12.1 Å². The smallest absolute Gasteiger partial charge is 0.318 e. The number of nitrogens with zero attached hydrogens (tertiary/aromatic N) is 3. The van der Waals surface area contributed by atoms with E-state index in [0.29, 0.717) is 12.1 Å². The van der Waals surface area contributed by atoms with Crippen LogP contribution in [0.5, 0.6) is 0 Å². The lowest BCUT2D eigenvalue weighted by atomic mass is 10.1. The number of aryl methyl sites for hydroxylation is 1. The van der Waals surface area contributed by atoms with Gasteiger partial charge >= 0.3 is 6.03 Å². The van der Waals surface area contributed by atoms with E-state index < -0.39 is 6.10 Å². The third-order valence-corrected chi connectivity index (χ3v) is 4.64. The minimum Gasteiger partial charge on any atom is -0.387 e. The molecule has 2 N–H and O–H groups in total. The van der Waals surface area contributed by atoms with Crippen molar-refractivity contribution in [3.05, 3.63) is 53.1 Å². The minimum absolute atomic E-state index is 0.157. The molecule has 2 aromatic rings. The van der Waals surface area contributed by atoms with Crippen molar-refractivity contribution in [1.29, 1.82) is 0 Å². The van der Waals surface area contributed by atoms with Crippen molar-refractivity contribution >= 4 is 6.03 Å². The SMILES string of the molecule is Cc1c(CNC(=O)N(CC(O)c2ccc(F)cc2)C2CC2)cnn1C. The summed E-state index contributed by atoms with van der Waals surface area (Å²) >= 11 is 0. The van der Waals surface area contributed by atoms with Crippen LogP contribution in [0.25, 0.3) is 0 Å². The van der Waals surface area contributed by atoms with Crippen molar-refractivity contribution < 1.29 is 14.3 Å². The van der Waals surface area contributed by atoms with E-state index in [1.807, 2.05) is 14.0 Å². The first-order chi connectivity index (χ1) is 12.0. The average molecular weight is 346 g/mol. The minimum atomic E-state index is -0.841. The zero-order valence-corrected chi connectivity index (χ0v) is 14.4. The molecule has 1 heterocycles. The Bertz CT molecular complexity index is 740. The Morgan fingerprint density at radius 2 is 2.12 bits per heavy atom. The van der Waals surface area contributed by atoms with Gasteiger partial charge in [0.25, 0.3) is 0 Å². The van der Waals surface area contributed by atoms with Crippen molar-refractivity contribution in [2.45, 2.75) is 38.5 Å². The summed E-state index contributed by atoms with van der Waals surface area (Å²) in [5.41, 5.74) is 2.57. The van der Waals surface area contributed by atoms with E-state index in [9.17, 15) is 14.3 Å². The molecule has 0 bridgehead atoms. The van der Waals surface area contributed by atoms with Gasteiger partial charge in [0.05, 0.1) is 18.8 Å². The third kappa shape index (κ3) is 4.17. The molecule has 3 rings (SSSR count). The van der Waals surface area contributed by atoms with Crippen LogP contribution in [-0.2, 0) is 13.6 Å². The van der Waals surface area contributed by atoms with Gasteiger partial charge in [0.1, 0.15) is 5.82 Å². The average Bonchev–Trinajstić information content (AvgIpc) is 3.39. The number of halogens is 1. The molecular formula is C18H23FN4O2. The summed E-state index contributed by atoms with van der Waals surface area (Å²) in [5.74, 6) is -0.348. The van der Waals surface area contributed by atoms with Gasteiger partial charge in [-0.15, -0.1) is 0 Å². The van der Waals surface area contributed by atoms with Gasteiger partial charge < -0.3 is 15.3 Å². The van der Waals surface area contributed by atoms with Crippen molar-refractivity contribution in [1.82, 2.24) is 20.0 Å². The summed E-state index contributed by atoms with van der Waals surface area (Å²) in [4.78, 5) is 14.2. The molecule has 1 aliphatic rings. The Kier molecular flexibility index (Phi) is 5.03. The maximum absolute atomic E-state index is 13.0. The monoisotopic (exact) mass is 346 g/mol. The maximum atomic E-state index is 13.0. The normalized spacial score (nSPS) is 15.0. The lowest BCUT2D eigenvalue weighted by Crippen LogP contribution is -2.43. The lowest BCUT2D eigenvalue weighted by molar-refractivity contribution is 0.117. The molecular weight excluding hydrogens is 323 g/mol. The number of aliphatic hydroxyl groups excluding tert-OH is 1. The molecule has 6 nitrogen and oxygen atoms in total. The van der Waals surface area contributed by atoms with Crippen LogP contribution < -0.4 is 5.32 Å². The van der Waals surface area contributed by atoms with Gasteiger partial charge in [-0.3, -0.25) is 4.68 Å². The number of hydrogen-bond donors (Lipinski definition) is 2. The van der Waals surface area contributed by atoms with Crippen LogP contribution >= 0.6 is 0 Å². The van der Waals surface area contributed by atoms with E-state index in [1.165, 1.54) is 12.1 Å². The topological polar surface area (TPSA) is 70.4 Å². The molecule has 134 valence electrons. The Labute approximate surface area is 146 Å². The van der Waals surface area contributed by atoms with Gasteiger partial charge in [-0.25, -0.2) is 9.18 Å². The molecule has 1 unspecified atom stereocenters. The number of aliphatic hydroxyl groups is 1. The van der Waals surface area contributed by atoms with Crippen LogP contribution in [0.4, 0.5) is 9.18 Å². The first-order valence-corrected chi connectivity index (χ1v) is 8.41. The predicted molar refractivity (Wildman–Crippen MR) is 91.3 cm³/mol. The molecule has 1 aliphatic carbocycles. The number of rotatable bonds is 6. The highest BCUT2D eigenvalue weighted by Gasteiger charge is 2.34. The zero-order chi connectivity index (χ0) is 18.0. The Balaban J connectivity index is 1.61. The highest BCUT2D eigenvalue weighted by Crippen LogP contribution is 2.29. The number of aromatic nitrogens is 2. The second-order valence-electron chi connectivity index (χ2n) is 6.49. The maximum Gasteiger partial charge on any atom is 0.318 e. The van der Waals surface area contributed by atoms with E-state index in [1.54, 1.807) is 27.9 Å². The second kappa shape index (κ2) is 7.23. The van der Waals surface area contributed by atoms with Crippen LogP contribution in [0, 0.1) is 12.7 Å². The molecule has 1 aromatic carbocycles. The van der Waals surface area contributed by atoms with E-state index >= 15 is 0 Å². The van der Waals surface area contributed by atoms with Crippen molar-refractivity contribution in [2.75, 3.05) is 6.54 Å². The number of carbonyl (C=O) groups is 1. The summed E-state index contributed by atoms with van der Waals surface area (Å²) in [5, 5.41) is 17.4. The largest absolute Gasteiger partial charge is 0.387 e. The Hall–Kier alpha value is -2.41. The van der Waals surface area contributed by atoms with E-state index in [0.717, 1.165) is 24.1 Å². The summed E-state index contributed by atoms with van der Waals surface area (Å²) in [7, 11) is 1.86. The number of nitrogens with one attached hydrogen (secondary N) is 1. The number of carbonyl (C=O) groups excluding carboxylic acids is 1. The molecule has 0 aliphatic heterocycles. The fourth-order valence-corrected chi connectivity index (χ4v) is 2.75. The fourth-order valence-electron chi connectivity index (χ4n) is 2.75. The van der Waals surface area contributed by atoms with Crippen LogP contribution in [0.15, 0.2) is 30.5 Å². The number of amides is 2. The van der Waals surface area contributed by atoms with Crippen molar-refractivity contribution in [2.24, 2.45) is 7.05 Å². The lowest BCUT2D eigenvalue weighted by Gasteiger charge is -2.25. The molecule has 1 fully saturated rings. The van der Waals surface area contributed by atoms with Gasteiger partial charge in [0.2, 0.25) is 0 Å². The second-order valence-corrected chi connectivity index (χ2v) is 6.49. The zero-order valence-electron chi connectivity index (χ0n) is 14.4. The summed E-state index contributed by atoms with van der Waals surface area (Å²) in [6, 6.07) is 5.66. The first-order valence-electron chi connectivity index (χ1n) is 8.41. The molecule has 1 saturated carbocycles. The van der Waals surface area contributed by atoms with Crippen LogP contribution in [0.1, 0.15) is 35.8 Å². The van der Waals surface area contributed by atoms with E-state index in [4.69, 9.17) is 0 Å². The number of urea groups is 1. The third-order valence-electron chi connectivity index (χ3n) is 4.64. The quantitative estimate of drug-likeness (QED) is 0.843. The molecule has 25 heavy (non-hydrogen) atoms. The summed E-state index contributed by atoms with van der Waals surface area (Å²) in [6.45, 7) is 2.54. The van der Waals surface area contributed by atoms with Crippen LogP contribution in [0.2, 0.25) is 0 Å². The standard InChI is InChI=1S/C18H23FN4O2/c1-12-14(10-21-22(12)2)9-20-18(25)23(16-7-8-16)11-17(24)13-3-5-15(19)6-4-13/h3-6,10,16-17,24H,7-9,11H2,1-2H3,(H,20,25). The van der Waals surface area contributed by atoms with Gasteiger partial charge in [-0.2, -0.15) is 5.10 Å². The first kappa shape index (κ1) is 17.4. The fraction of sp³-hybridized carbons (Fsp3) is 0.444. The molecule has 0 saturated heterocycles. The summed E-state index contributed by atoms with van der Waals surface area (Å²) < 4.78 is 14.8. The molecule has 7 heteroatoms. The highest BCUT2D eigenvalue weighted by atomic mass is 19.1.